The molecule has 2 fully saturated rings. The van der Waals surface area contributed by atoms with E-state index in [1.165, 1.54) is 6.42 Å². The van der Waals surface area contributed by atoms with Gasteiger partial charge < -0.3 is 20.7 Å². The lowest BCUT2D eigenvalue weighted by atomic mass is 9.96. The Balaban J connectivity index is 0.00000243. The molecular weight excluding hydrogens is 443 g/mol. The molecule has 2 aliphatic rings. The molecule has 0 spiro atoms. The number of nitrogens with zero attached hydrogens (tertiary/aromatic N) is 1. The van der Waals surface area contributed by atoms with Crippen LogP contribution < -0.4 is 16.0 Å². The maximum absolute atomic E-state index is 12.0. The zero-order valence-corrected chi connectivity index (χ0v) is 17.6. The second kappa shape index (κ2) is 10.7. The summed E-state index contributed by atoms with van der Waals surface area (Å²) in [5.74, 6) is 0.812. The fraction of sp³-hybridized carbons (Fsp3) is 0.579. The molecule has 3 N–H and O–H groups in total. The number of amides is 1. The van der Waals surface area contributed by atoms with Gasteiger partial charge in [-0.25, -0.2) is 0 Å². The second-order valence-corrected chi connectivity index (χ2v) is 6.60. The van der Waals surface area contributed by atoms with Gasteiger partial charge in [0.05, 0.1) is 18.2 Å². The van der Waals surface area contributed by atoms with Crippen LogP contribution >= 0.6 is 24.0 Å². The Hall–Kier alpha value is -1.35. The number of benzene rings is 1. The van der Waals surface area contributed by atoms with Gasteiger partial charge in [-0.15, -0.1) is 24.0 Å². The summed E-state index contributed by atoms with van der Waals surface area (Å²) in [6, 6.07) is 9.65. The van der Waals surface area contributed by atoms with E-state index in [0.717, 1.165) is 31.8 Å². The van der Waals surface area contributed by atoms with E-state index in [4.69, 9.17) is 4.74 Å². The van der Waals surface area contributed by atoms with Crippen molar-refractivity contribution >= 4 is 35.8 Å². The summed E-state index contributed by atoms with van der Waals surface area (Å²) in [6.45, 7) is 4.19. The Morgan fingerprint density at radius 3 is 2.69 bits per heavy atom. The average Bonchev–Trinajstić information content (AvgIpc) is 3.25. The first-order chi connectivity index (χ1) is 12.3. The number of carbonyl (C=O) groups excluding carboxylic acids is 1. The van der Waals surface area contributed by atoms with E-state index in [2.05, 4.69) is 27.9 Å². The van der Waals surface area contributed by atoms with Crippen molar-refractivity contribution in [2.24, 2.45) is 4.99 Å². The Morgan fingerprint density at radius 1 is 1.23 bits per heavy atom. The van der Waals surface area contributed by atoms with Crippen LogP contribution in [0.3, 0.4) is 0 Å². The van der Waals surface area contributed by atoms with Gasteiger partial charge in [-0.2, -0.15) is 0 Å². The lowest BCUT2D eigenvalue weighted by Crippen LogP contribution is -2.47. The molecule has 2 saturated heterocycles. The largest absolute Gasteiger partial charge is 0.373 e. The number of nitrogens with one attached hydrogen (secondary N) is 3. The molecule has 26 heavy (non-hydrogen) atoms. The van der Waals surface area contributed by atoms with Crippen LogP contribution in [0.4, 0.5) is 0 Å². The summed E-state index contributed by atoms with van der Waals surface area (Å²) in [5, 5.41) is 9.72. The maximum Gasteiger partial charge on any atom is 0.251 e. The van der Waals surface area contributed by atoms with Crippen LogP contribution in [0.5, 0.6) is 0 Å². The normalized spacial score (nSPS) is 24.0. The predicted octanol–water partition coefficient (Wildman–Crippen LogP) is 2.30. The zero-order chi connectivity index (χ0) is 17.5. The Bertz CT molecular complexity index is 596. The monoisotopic (exact) mass is 472 g/mol. The van der Waals surface area contributed by atoms with E-state index in [1.807, 2.05) is 30.3 Å². The molecule has 1 aromatic rings. The van der Waals surface area contributed by atoms with Gasteiger partial charge in [-0.3, -0.25) is 9.79 Å². The maximum atomic E-state index is 12.0. The third-order valence-electron chi connectivity index (χ3n) is 4.70. The van der Waals surface area contributed by atoms with Gasteiger partial charge in [0.25, 0.3) is 5.91 Å². The molecule has 3 atom stereocenters. The standard InChI is InChI=1S/C19H28N4O2.HI/c1-2-20-19(23-16-13-15-9-10-17(16)25-15)22-12-6-11-21-18(24)14-7-4-3-5-8-14;/h3-5,7-8,15-17H,2,6,9-13H2,1H3,(H,21,24)(H2,20,22,23);1H. The molecule has 0 aliphatic carbocycles. The van der Waals surface area contributed by atoms with Crippen LogP contribution in [0.25, 0.3) is 0 Å². The van der Waals surface area contributed by atoms with Gasteiger partial charge in [0.15, 0.2) is 5.96 Å². The quantitative estimate of drug-likeness (QED) is 0.247. The minimum absolute atomic E-state index is 0. The van der Waals surface area contributed by atoms with Crippen molar-refractivity contribution in [1.29, 1.82) is 0 Å². The van der Waals surface area contributed by atoms with Crippen LogP contribution in [-0.2, 0) is 4.74 Å². The molecule has 2 aliphatic heterocycles. The van der Waals surface area contributed by atoms with Crippen LogP contribution in [0.15, 0.2) is 35.3 Å². The Kier molecular flexibility index (Phi) is 8.64. The number of fused-ring (bicyclic) bond motifs is 2. The molecular formula is C19H29IN4O2. The van der Waals surface area contributed by atoms with E-state index in [1.54, 1.807) is 0 Å². The van der Waals surface area contributed by atoms with E-state index >= 15 is 0 Å². The number of hydrogen-bond donors (Lipinski definition) is 3. The highest BCUT2D eigenvalue weighted by Gasteiger charge is 2.41. The molecule has 3 rings (SSSR count). The fourth-order valence-electron chi connectivity index (χ4n) is 3.45. The number of ether oxygens (including phenoxy) is 1. The fourth-order valence-corrected chi connectivity index (χ4v) is 3.45. The first-order valence-electron chi connectivity index (χ1n) is 9.30. The highest BCUT2D eigenvalue weighted by Crippen LogP contribution is 2.34. The summed E-state index contributed by atoms with van der Waals surface area (Å²) >= 11 is 0. The van der Waals surface area contributed by atoms with Gasteiger partial charge in [-0.1, -0.05) is 18.2 Å². The van der Waals surface area contributed by atoms with E-state index in [0.29, 0.717) is 36.9 Å². The SMILES string of the molecule is CCNC(=NCCCNC(=O)c1ccccc1)NC1CC2CCC1O2.I. The molecule has 2 bridgehead atoms. The Labute approximate surface area is 172 Å². The van der Waals surface area contributed by atoms with Gasteiger partial charge in [0.1, 0.15) is 0 Å². The lowest BCUT2D eigenvalue weighted by Gasteiger charge is -2.22. The van der Waals surface area contributed by atoms with Crippen LogP contribution in [0.2, 0.25) is 0 Å². The molecule has 0 aromatic heterocycles. The summed E-state index contributed by atoms with van der Waals surface area (Å²) < 4.78 is 5.88. The van der Waals surface area contributed by atoms with Crippen LogP contribution in [0.1, 0.15) is 43.0 Å². The van der Waals surface area contributed by atoms with Crippen LogP contribution in [-0.4, -0.2) is 49.8 Å². The minimum Gasteiger partial charge on any atom is -0.373 e. The molecule has 6 nitrogen and oxygen atoms in total. The van der Waals surface area contributed by atoms with Gasteiger partial charge in [0, 0.05) is 25.2 Å². The number of halogens is 1. The predicted molar refractivity (Wildman–Crippen MR) is 114 cm³/mol. The average molecular weight is 472 g/mol. The first-order valence-corrected chi connectivity index (χ1v) is 9.30. The molecule has 3 unspecified atom stereocenters. The third-order valence-corrected chi connectivity index (χ3v) is 4.70. The summed E-state index contributed by atoms with van der Waals surface area (Å²) in [7, 11) is 0. The molecule has 144 valence electrons. The zero-order valence-electron chi connectivity index (χ0n) is 15.2. The molecule has 1 aromatic carbocycles. The smallest absolute Gasteiger partial charge is 0.251 e. The molecule has 2 heterocycles. The van der Waals surface area contributed by atoms with Gasteiger partial charge in [-0.05, 0) is 44.7 Å². The topological polar surface area (TPSA) is 74.8 Å². The van der Waals surface area contributed by atoms with Gasteiger partial charge in [0.2, 0.25) is 0 Å². The van der Waals surface area contributed by atoms with Gasteiger partial charge >= 0.3 is 0 Å². The van der Waals surface area contributed by atoms with E-state index in [-0.39, 0.29) is 29.9 Å². The summed E-state index contributed by atoms with van der Waals surface area (Å²) in [6.07, 6.45) is 4.98. The minimum atomic E-state index is -0.0336. The number of hydrogen-bond acceptors (Lipinski definition) is 3. The van der Waals surface area contributed by atoms with Crippen molar-refractivity contribution in [3.05, 3.63) is 35.9 Å². The van der Waals surface area contributed by atoms with E-state index < -0.39 is 0 Å². The molecule has 1 amide bonds. The summed E-state index contributed by atoms with van der Waals surface area (Å²) in [4.78, 5) is 16.6. The molecule has 7 heteroatoms. The number of rotatable bonds is 7. The number of carbonyl (C=O) groups is 1. The van der Waals surface area contributed by atoms with Crippen molar-refractivity contribution in [1.82, 2.24) is 16.0 Å². The summed E-state index contributed by atoms with van der Waals surface area (Å²) in [5.41, 5.74) is 0.692. The number of guanidine groups is 1. The van der Waals surface area contributed by atoms with Crippen molar-refractivity contribution in [2.45, 2.75) is 50.9 Å². The van der Waals surface area contributed by atoms with Crippen molar-refractivity contribution < 1.29 is 9.53 Å². The van der Waals surface area contributed by atoms with Crippen molar-refractivity contribution in [2.75, 3.05) is 19.6 Å². The highest BCUT2D eigenvalue weighted by molar-refractivity contribution is 14.0. The van der Waals surface area contributed by atoms with Crippen molar-refractivity contribution in [3.63, 3.8) is 0 Å². The molecule has 0 radical (unpaired) electrons. The first kappa shape index (κ1) is 21.0. The Morgan fingerprint density at radius 2 is 2.04 bits per heavy atom. The van der Waals surface area contributed by atoms with E-state index in [9.17, 15) is 4.79 Å². The lowest BCUT2D eigenvalue weighted by molar-refractivity contribution is 0.0953. The second-order valence-electron chi connectivity index (χ2n) is 6.60. The van der Waals surface area contributed by atoms with Crippen molar-refractivity contribution in [3.8, 4) is 0 Å². The third kappa shape index (κ3) is 5.84. The van der Waals surface area contributed by atoms with Crippen LogP contribution in [0, 0.1) is 0 Å². The number of aliphatic imine (C=N–C) groups is 1. The highest BCUT2D eigenvalue weighted by atomic mass is 127. The molecule has 0 saturated carbocycles.